The quantitative estimate of drug-likeness (QED) is 0.659. The van der Waals surface area contributed by atoms with Crippen LogP contribution in [0.3, 0.4) is 0 Å². The van der Waals surface area contributed by atoms with E-state index in [1.54, 1.807) is 18.2 Å². The summed E-state index contributed by atoms with van der Waals surface area (Å²) in [6, 6.07) is 4.85. The Bertz CT molecular complexity index is 720. The molecule has 0 bridgehead atoms. The summed E-state index contributed by atoms with van der Waals surface area (Å²) >= 11 is 0. The highest BCUT2D eigenvalue weighted by molar-refractivity contribution is 7.89. The molecule has 1 aliphatic heterocycles. The second kappa shape index (κ2) is 9.34. The second-order valence-electron chi connectivity index (χ2n) is 6.43. The van der Waals surface area contributed by atoms with Gasteiger partial charge in [0.1, 0.15) is 5.75 Å². The van der Waals surface area contributed by atoms with Crippen LogP contribution in [0.15, 0.2) is 23.1 Å². The number of aliphatic hydroxyl groups is 1. The number of benzene rings is 1. The Hall–Kier alpha value is -1.64. The van der Waals surface area contributed by atoms with E-state index in [9.17, 15) is 13.2 Å². The Morgan fingerprint density at radius 2 is 2.19 bits per heavy atom. The largest absolute Gasteiger partial charge is 0.494 e. The molecule has 1 aromatic carbocycles. The first-order chi connectivity index (χ1) is 12.4. The molecule has 1 fully saturated rings. The average molecular weight is 384 g/mol. The highest BCUT2D eigenvalue weighted by Gasteiger charge is 2.33. The molecule has 0 aromatic heterocycles. The van der Waals surface area contributed by atoms with Crippen LogP contribution >= 0.6 is 0 Å². The molecule has 1 atom stereocenters. The van der Waals surface area contributed by atoms with Gasteiger partial charge in [0, 0.05) is 26.2 Å². The summed E-state index contributed by atoms with van der Waals surface area (Å²) in [5.74, 6) is 0.161. The van der Waals surface area contributed by atoms with Crippen LogP contribution in [0.5, 0.6) is 5.75 Å². The van der Waals surface area contributed by atoms with Crippen LogP contribution in [0, 0.1) is 12.8 Å². The summed E-state index contributed by atoms with van der Waals surface area (Å²) in [7, 11) is -3.65. The van der Waals surface area contributed by atoms with E-state index in [0.717, 1.165) is 5.56 Å². The topological polar surface area (TPSA) is 95.9 Å². The van der Waals surface area contributed by atoms with E-state index < -0.39 is 10.0 Å². The Morgan fingerprint density at radius 1 is 1.42 bits per heavy atom. The van der Waals surface area contributed by atoms with Crippen LogP contribution in [-0.4, -0.2) is 56.6 Å². The van der Waals surface area contributed by atoms with Gasteiger partial charge in [0.05, 0.1) is 17.4 Å². The molecule has 0 radical (unpaired) electrons. The predicted octanol–water partition coefficient (Wildman–Crippen LogP) is 1.29. The summed E-state index contributed by atoms with van der Waals surface area (Å²) in [5.41, 5.74) is 0.767. The Labute approximate surface area is 155 Å². The van der Waals surface area contributed by atoms with Gasteiger partial charge in [-0.1, -0.05) is 0 Å². The third kappa shape index (κ3) is 4.96. The fraction of sp³-hybridized carbons (Fsp3) is 0.611. The van der Waals surface area contributed by atoms with Crippen molar-refractivity contribution < 1.29 is 23.1 Å². The number of sulfonamides is 1. The Morgan fingerprint density at radius 3 is 2.85 bits per heavy atom. The van der Waals surface area contributed by atoms with E-state index in [1.807, 2.05) is 13.8 Å². The van der Waals surface area contributed by atoms with Gasteiger partial charge in [-0.15, -0.1) is 0 Å². The van der Waals surface area contributed by atoms with E-state index in [1.165, 1.54) is 4.31 Å². The lowest BCUT2D eigenvalue weighted by Crippen LogP contribution is -2.45. The van der Waals surface area contributed by atoms with Crippen molar-refractivity contribution in [1.82, 2.24) is 9.62 Å². The van der Waals surface area contributed by atoms with Gasteiger partial charge in [0.25, 0.3) is 0 Å². The molecule has 8 heteroatoms. The number of hydrogen-bond acceptors (Lipinski definition) is 5. The van der Waals surface area contributed by atoms with Crippen molar-refractivity contribution >= 4 is 15.9 Å². The maximum Gasteiger partial charge on any atom is 0.243 e. The third-order valence-electron chi connectivity index (χ3n) is 4.47. The first-order valence-electron chi connectivity index (χ1n) is 9.02. The standard InChI is InChI=1S/C18H28N2O5S/c1-3-25-17-8-7-16(12-14(17)2)26(23,24)20-10-4-6-15(13-20)18(22)19-9-5-11-21/h7-8,12,15,21H,3-6,9-11,13H2,1-2H3,(H,19,22)/t15-/m0/s1. The molecule has 1 aliphatic rings. The summed E-state index contributed by atoms with van der Waals surface area (Å²) in [4.78, 5) is 12.4. The van der Waals surface area contributed by atoms with Crippen LogP contribution in [-0.2, 0) is 14.8 Å². The number of hydrogen-bond donors (Lipinski definition) is 2. The van der Waals surface area contributed by atoms with Crippen molar-refractivity contribution in [2.75, 3.05) is 32.8 Å². The van der Waals surface area contributed by atoms with E-state index in [4.69, 9.17) is 9.84 Å². The zero-order chi connectivity index (χ0) is 19.2. The number of aryl methyl sites for hydroxylation is 1. The number of carbonyl (C=O) groups is 1. The molecular weight excluding hydrogens is 356 g/mol. The van der Waals surface area contributed by atoms with Crippen molar-refractivity contribution in [3.8, 4) is 5.75 Å². The molecule has 26 heavy (non-hydrogen) atoms. The zero-order valence-electron chi connectivity index (χ0n) is 15.4. The molecule has 1 amide bonds. The number of carbonyl (C=O) groups excluding carboxylic acids is 1. The van der Waals surface area contributed by atoms with Crippen molar-refractivity contribution in [3.05, 3.63) is 23.8 Å². The SMILES string of the molecule is CCOc1ccc(S(=O)(=O)N2CCC[C@H](C(=O)NCCCO)C2)cc1C. The minimum Gasteiger partial charge on any atom is -0.494 e. The highest BCUT2D eigenvalue weighted by Crippen LogP contribution is 2.27. The highest BCUT2D eigenvalue weighted by atomic mass is 32.2. The second-order valence-corrected chi connectivity index (χ2v) is 8.37. The maximum atomic E-state index is 13.0. The van der Waals surface area contributed by atoms with Gasteiger partial charge in [-0.05, 0) is 56.9 Å². The van der Waals surface area contributed by atoms with E-state index in [2.05, 4.69) is 5.32 Å². The molecular formula is C18H28N2O5S. The first kappa shape index (κ1) is 20.7. The molecule has 146 valence electrons. The van der Waals surface area contributed by atoms with E-state index >= 15 is 0 Å². The van der Waals surface area contributed by atoms with Gasteiger partial charge in [-0.2, -0.15) is 4.31 Å². The van der Waals surface area contributed by atoms with E-state index in [-0.39, 0.29) is 29.9 Å². The van der Waals surface area contributed by atoms with Crippen LogP contribution in [0.1, 0.15) is 31.7 Å². The fourth-order valence-electron chi connectivity index (χ4n) is 3.06. The smallest absolute Gasteiger partial charge is 0.243 e. The number of amides is 1. The Balaban J connectivity index is 2.10. The van der Waals surface area contributed by atoms with E-state index in [0.29, 0.717) is 44.7 Å². The molecule has 0 saturated carbocycles. The monoisotopic (exact) mass is 384 g/mol. The minimum absolute atomic E-state index is 0.0164. The number of ether oxygens (including phenoxy) is 1. The van der Waals surface area contributed by atoms with Crippen molar-refractivity contribution in [2.24, 2.45) is 5.92 Å². The number of aliphatic hydroxyl groups excluding tert-OH is 1. The van der Waals surface area contributed by atoms with Crippen LogP contribution < -0.4 is 10.1 Å². The van der Waals surface area contributed by atoms with Gasteiger partial charge in [-0.3, -0.25) is 4.79 Å². The number of nitrogens with zero attached hydrogens (tertiary/aromatic N) is 1. The summed E-state index contributed by atoms with van der Waals surface area (Å²) in [6.07, 6.45) is 1.80. The molecule has 1 heterocycles. The summed E-state index contributed by atoms with van der Waals surface area (Å²) in [5, 5.41) is 11.6. The normalized spacial score (nSPS) is 18.5. The molecule has 0 spiro atoms. The van der Waals surface area contributed by atoms with Crippen molar-refractivity contribution in [2.45, 2.75) is 38.0 Å². The predicted molar refractivity (Wildman–Crippen MR) is 98.5 cm³/mol. The van der Waals surface area contributed by atoms with Crippen LogP contribution in [0.25, 0.3) is 0 Å². The molecule has 2 N–H and O–H groups in total. The lowest BCUT2D eigenvalue weighted by atomic mass is 9.99. The fourth-order valence-corrected chi connectivity index (χ4v) is 4.67. The van der Waals surface area contributed by atoms with Gasteiger partial charge < -0.3 is 15.2 Å². The Kier molecular flexibility index (Phi) is 7.43. The lowest BCUT2D eigenvalue weighted by molar-refractivity contribution is -0.126. The number of nitrogens with one attached hydrogen (secondary N) is 1. The maximum absolute atomic E-state index is 13.0. The minimum atomic E-state index is -3.65. The molecule has 1 aromatic rings. The number of rotatable bonds is 8. The summed E-state index contributed by atoms with van der Waals surface area (Å²) < 4.78 is 32.8. The number of piperidine rings is 1. The third-order valence-corrected chi connectivity index (χ3v) is 6.33. The molecule has 1 saturated heterocycles. The molecule has 2 rings (SSSR count). The summed E-state index contributed by atoms with van der Waals surface area (Å²) in [6.45, 7) is 5.22. The molecule has 0 unspecified atom stereocenters. The average Bonchev–Trinajstić information content (AvgIpc) is 2.63. The van der Waals surface area contributed by atoms with Gasteiger partial charge in [0.15, 0.2) is 0 Å². The van der Waals surface area contributed by atoms with Crippen LogP contribution in [0.2, 0.25) is 0 Å². The zero-order valence-corrected chi connectivity index (χ0v) is 16.2. The van der Waals surface area contributed by atoms with Gasteiger partial charge in [-0.25, -0.2) is 8.42 Å². The van der Waals surface area contributed by atoms with Crippen molar-refractivity contribution in [3.63, 3.8) is 0 Å². The van der Waals surface area contributed by atoms with Crippen LogP contribution in [0.4, 0.5) is 0 Å². The van der Waals surface area contributed by atoms with Crippen molar-refractivity contribution in [1.29, 1.82) is 0 Å². The molecule has 7 nitrogen and oxygen atoms in total. The first-order valence-corrected chi connectivity index (χ1v) is 10.5. The molecule has 0 aliphatic carbocycles. The lowest BCUT2D eigenvalue weighted by Gasteiger charge is -2.31. The van der Waals surface area contributed by atoms with Gasteiger partial charge in [0.2, 0.25) is 15.9 Å². The van der Waals surface area contributed by atoms with Gasteiger partial charge >= 0.3 is 0 Å².